The molecule has 0 atom stereocenters. The zero-order chi connectivity index (χ0) is 15.7. The van der Waals surface area contributed by atoms with Crippen LogP contribution in [0.15, 0.2) is 18.2 Å². The molecule has 0 unspecified atom stereocenters. The molecule has 0 saturated heterocycles. The van der Waals surface area contributed by atoms with Gasteiger partial charge in [-0.1, -0.05) is 6.07 Å². The molecule has 0 spiro atoms. The van der Waals surface area contributed by atoms with Crippen LogP contribution in [0.25, 0.3) is 0 Å². The van der Waals surface area contributed by atoms with Crippen LogP contribution in [0, 0.1) is 3.57 Å². The van der Waals surface area contributed by atoms with E-state index in [9.17, 15) is 9.59 Å². The number of hydrogen-bond donors (Lipinski definition) is 0. The van der Waals surface area contributed by atoms with Gasteiger partial charge in [-0.05, 0) is 34.7 Å². The first-order valence-electron chi connectivity index (χ1n) is 6.22. The molecule has 0 N–H and O–H groups in total. The molecule has 0 aliphatic rings. The van der Waals surface area contributed by atoms with Crippen LogP contribution in [0.4, 0.5) is 0 Å². The Hall–Kier alpha value is -1.19. The number of carbonyl (C=O) groups is 2. The van der Waals surface area contributed by atoms with Crippen molar-refractivity contribution in [3.05, 3.63) is 32.9 Å². The molecule has 0 radical (unpaired) electrons. The van der Waals surface area contributed by atoms with Crippen LogP contribution in [-0.2, 0) is 18.9 Å². The summed E-state index contributed by atoms with van der Waals surface area (Å²) in [6, 6.07) is 4.93. The summed E-state index contributed by atoms with van der Waals surface area (Å²) >= 11 is 1.98. The summed E-state index contributed by atoms with van der Waals surface area (Å²) in [5.41, 5.74) is 0.386. The second-order valence-corrected chi connectivity index (χ2v) is 5.08. The predicted molar refractivity (Wildman–Crippen MR) is 83.5 cm³/mol. The highest BCUT2D eigenvalue weighted by molar-refractivity contribution is 14.1. The van der Waals surface area contributed by atoms with E-state index in [1.54, 1.807) is 12.1 Å². The molecule has 0 aliphatic carbocycles. The molecule has 6 nitrogen and oxygen atoms in total. The Bertz CT molecular complexity index is 488. The Morgan fingerprint density at radius 2 is 1.52 bits per heavy atom. The maximum atomic E-state index is 12.1. The number of hydrogen-bond acceptors (Lipinski definition) is 6. The van der Waals surface area contributed by atoms with E-state index < -0.39 is 11.9 Å². The van der Waals surface area contributed by atoms with Gasteiger partial charge >= 0.3 is 11.9 Å². The van der Waals surface area contributed by atoms with Crippen LogP contribution in [-0.4, -0.2) is 52.6 Å². The Balaban J connectivity index is 2.86. The van der Waals surface area contributed by atoms with Crippen molar-refractivity contribution in [3.63, 3.8) is 0 Å². The number of esters is 2. The standard InChI is InChI=1S/C14H17IO6/c1-18-6-8-20-13(16)10-4-3-5-11(15)12(10)14(17)21-9-7-19-2/h3-5H,6-9H2,1-2H3. The fraction of sp³-hybridized carbons (Fsp3) is 0.429. The molecular formula is C14H17IO6. The quantitative estimate of drug-likeness (QED) is 0.372. The Morgan fingerprint density at radius 3 is 2.10 bits per heavy atom. The molecule has 1 aromatic rings. The fourth-order valence-corrected chi connectivity index (χ4v) is 2.21. The third kappa shape index (κ3) is 5.60. The lowest BCUT2D eigenvalue weighted by atomic mass is 10.1. The van der Waals surface area contributed by atoms with E-state index in [-0.39, 0.29) is 24.3 Å². The Kier molecular flexibility index (Phi) is 8.24. The van der Waals surface area contributed by atoms with Gasteiger partial charge in [0.25, 0.3) is 0 Å². The van der Waals surface area contributed by atoms with E-state index in [0.717, 1.165) is 0 Å². The second kappa shape index (κ2) is 9.69. The maximum absolute atomic E-state index is 12.1. The van der Waals surface area contributed by atoms with Crippen LogP contribution in [0.3, 0.4) is 0 Å². The molecule has 21 heavy (non-hydrogen) atoms. The van der Waals surface area contributed by atoms with Crippen molar-refractivity contribution in [2.24, 2.45) is 0 Å². The number of halogens is 1. The van der Waals surface area contributed by atoms with E-state index >= 15 is 0 Å². The summed E-state index contributed by atoms with van der Waals surface area (Å²) in [5.74, 6) is -1.15. The first-order chi connectivity index (χ1) is 10.1. The number of methoxy groups -OCH3 is 2. The van der Waals surface area contributed by atoms with Crippen LogP contribution >= 0.6 is 22.6 Å². The molecule has 1 aromatic carbocycles. The topological polar surface area (TPSA) is 71.1 Å². The zero-order valence-electron chi connectivity index (χ0n) is 11.9. The van der Waals surface area contributed by atoms with Gasteiger partial charge in [0.2, 0.25) is 0 Å². The molecule has 1 rings (SSSR count). The highest BCUT2D eigenvalue weighted by Crippen LogP contribution is 2.19. The zero-order valence-corrected chi connectivity index (χ0v) is 14.0. The number of carbonyl (C=O) groups excluding carboxylic acids is 2. The van der Waals surface area contributed by atoms with Crippen LogP contribution in [0.1, 0.15) is 20.7 Å². The van der Waals surface area contributed by atoms with E-state index in [0.29, 0.717) is 16.8 Å². The number of ether oxygens (including phenoxy) is 4. The van der Waals surface area contributed by atoms with Gasteiger partial charge in [0.1, 0.15) is 13.2 Å². The largest absolute Gasteiger partial charge is 0.460 e. The molecule has 0 amide bonds. The number of benzene rings is 1. The van der Waals surface area contributed by atoms with Crippen molar-refractivity contribution in [3.8, 4) is 0 Å². The molecular weight excluding hydrogens is 391 g/mol. The van der Waals surface area contributed by atoms with E-state index in [1.807, 2.05) is 22.6 Å². The van der Waals surface area contributed by atoms with Crippen molar-refractivity contribution in [2.45, 2.75) is 0 Å². The first-order valence-corrected chi connectivity index (χ1v) is 7.30. The van der Waals surface area contributed by atoms with Gasteiger partial charge in [0.05, 0.1) is 24.3 Å². The van der Waals surface area contributed by atoms with Gasteiger partial charge in [0.15, 0.2) is 0 Å². The normalized spacial score (nSPS) is 10.2. The highest BCUT2D eigenvalue weighted by atomic mass is 127. The van der Waals surface area contributed by atoms with Gasteiger partial charge in [-0.25, -0.2) is 9.59 Å². The van der Waals surface area contributed by atoms with Crippen molar-refractivity contribution >= 4 is 34.5 Å². The third-order valence-corrected chi connectivity index (χ3v) is 3.38. The molecule has 0 fully saturated rings. The van der Waals surface area contributed by atoms with Gasteiger partial charge in [-0.3, -0.25) is 0 Å². The summed E-state index contributed by atoms with van der Waals surface area (Å²) in [6.45, 7) is 0.837. The summed E-state index contributed by atoms with van der Waals surface area (Å²) in [4.78, 5) is 24.1. The molecule has 0 saturated carbocycles. The smallest absolute Gasteiger partial charge is 0.340 e. The molecule has 0 heterocycles. The minimum atomic E-state index is -0.579. The monoisotopic (exact) mass is 408 g/mol. The van der Waals surface area contributed by atoms with E-state index in [2.05, 4.69) is 0 Å². The molecule has 0 aliphatic heterocycles. The summed E-state index contributed by atoms with van der Waals surface area (Å²) < 4.78 is 20.4. The van der Waals surface area contributed by atoms with Gasteiger partial charge in [-0.2, -0.15) is 0 Å². The van der Waals surface area contributed by atoms with Crippen molar-refractivity contribution in [2.75, 3.05) is 40.6 Å². The maximum Gasteiger partial charge on any atom is 0.340 e. The summed E-state index contributed by atoms with van der Waals surface area (Å²) in [6.07, 6.45) is 0. The van der Waals surface area contributed by atoms with Crippen molar-refractivity contribution in [1.29, 1.82) is 0 Å². The Morgan fingerprint density at radius 1 is 0.952 bits per heavy atom. The Labute approximate surface area is 136 Å². The number of rotatable bonds is 8. The lowest BCUT2D eigenvalue weighted by molar-refractivity contribution is 0.0344. The van der Waals surface area contributed by atoms with Crippen molar-refractivity contribution in [1.82, 2.24) is 0 Å². The van der Waals surface area contributed by atoms with Gasteiger partial charge in [-0.15, -0.1) is 0 Å². The SMILES string of the molecule is COCCOC(=O)c1cccc(I)c1C(=O)OCCOC. The molecule has 0 bridgehead atoms. The summed E-state index contributed by atoms with van der Waals surface area (Å²) in [7, 11) is 3.02. The van der Waals surface area contributed by atoms with Gasteiger partial charge < -0.3 is 18.9 Å². The first kappa shape index (κ1) is 17.9. The van der Waals surface area contributed by atoms with Crippen LogP contribution in [0.5, 0.6) is 0 Å². The average molecular weight is 408 g/mol. The highest BCUT2D eigenvalue weighted by Gasteiger charge is 2.22. The average Bonchev–Trinajstić information content (AvgIpc) is 2.47. The fourth-order valence-electron chi connectivity index (χ4n) is 1.49. The minimum Gasteiger partial charge on any atom is -0.460 e. The van der Waals surface area contributed by atoms with E-state index in [4.69, 9.17) is 18.9 Å². The predicted octanol–water partition coefficient (Wildman–Crippen LogP) is 1.90. The van der Waals surface area contributed by atoms with Crippen molar-refractivity contribution < 1.29 is 28.5 Å². The summed E-state index contributed by atoms with van der Waals surface area (Å²) in [5, 5.41) is 0. The van der Waals surface area contributed by atoms with Gasteiger partial charge in [0, 0.05) is 17.8 Å². The van der Waals surface area contributed by atoms with E-state index in [1.165, 1.54) is 20.3 Å². The lowest BCUT2D eigenvalue weighted by Crippen LogP contribution is -2.18. The molecule has 0 aromatic heterocycles. The minimum absolute atomic E-state index is 0.123. The van der Waals surface area contributed by atoms with Crippen LogP contribution < -0.4 is 0 Å². The molecule has 7 heteroatoms. The van der Waals surface area contributed by atoms with Crippen LogP contribution in [0.2, 0.25) is 0 Å². The third-order valence-electron chi connectivity index (χ3n) is 2.48. The lowest BCUT2D eigenvalue weighted by Gasteiger charge is -2.11. The second-order valence-electron chi connectivity index (χ2n) is 3.92. The molecule has 116 valence electrons.